The van der Waals surface area contributed by atoms with Crippen LogP contribution in [0.4, 0.5) is 0 Å². The number of methoxy groups -OCH3 is 1. The molecule has 0 aliphatic rings. The number of benzene rings is 1. The number of aromatic nitrogens is 2. The molecule has 0 radical (unpaired) electrons. The molecule has 2 heterocycles. The molecular formula is C17H14N2O. The zero-order chi connectivity index (χ0) is 13.8. The largest absolute Gasteiger partial charge is 0.481 e. The van der Waals surface area contributed by atoms with E-state index in [2.05, 4.69) is 28.2 Å². The highest BCUT2D eigenvalue weighted by Gasteiger charge is 2.02. The van der Waals surface area contributed by atoms with Crippen molar-refractivity contribution in [2.24, 2.45) is 0 Å². The van der Waals surface area contributed by atoms with Gasteiger partial charge >= 0.3 is 0 Å². The van der Waals surface area contributed by atoms with E-state index >= 15 is 0 Å². The summed E-state index contributed by atoms with van der Waals surface area (Å²) in [7, 11) is 1.62. The Morgan fingerprint density at radius 3 is 2.60 bits per heavy atom. The average Bonchev–Trinajstić information content (AvgIpc) is 2.53. The monoisotopic (exact) mass is 262 g/mol. The lowest BCUT2D eigenvalue weighted by Crippen LogP contribution is -1.91. The fourth-order valence-corrected chi connectivity index (χ4v) is 2.03. The van der Waals surface area contributed by atoms with Gasteiger partial charge in [0.1, 0.15) is 0 Å². The summed E-state index contributed by atoms with van der Waals surface area (Å²) in [5, 5.41) is 0. The lowest BCUT2D eigenvalue weighted by molar-refractivity contribution is 0.399. The molecular weight excluding hydrogens is 248 g/mol. The highest BCUT2D eigenvalue weighted by molar-refractivity contribution is 5.87. The van der Waals surface area contributed by atoms with Gasteiger partial charge in [-0.05, 0) is 17.7 Å². The molecule has 0 amide bonds. The van der Waals surface area contributed by atoms with E-state index in [4.69, 9.17) is 4.74 Å². The standard InChI is InChI=1S/C17H14N2O/c1-20-16-10-9-15-17(19-16)14(11-12-18-15)8-7-13-5-3-2-4-6-13/h2-12H,1H3/b8-7+. The molecule has 1 aromatic carbocycles. The Kier molecular flexibility index (Phi) is 3.42. The van der Waals surface area contributed by atoms with E-state index in [0.717, 1.165) is 22.2 Å². The predicted octanol–water partition coefficient (Wildman–Crippen LogP) is 3.81. The first-order valence-electron chi connectivity index (χ1n) is 6.40. The molecule has 98 valence electrons. The molecule has 3 nitrogen and oxygen atoms in total. The Bertz CT molecular complexity index is 751. The number of hydrogen-bond donors (Lipinski definition) is 0. The fourth-order valence-electron chi connectivity index (χ4n) is 2.03. The van der Waals surface area contributed by atoms with Gasteiger partial charge in [0, 0.05) is 17.8 Å². The van der Waals surface area contributed by atoms with Gasteiger partial charge in [-0.1, -0.05) is 42.5 Å². The molecule has 0 aliphatic carbocycles. The lowest BCUT2D eigenvalue weighted by Gasteiger charge is -2.03. The van der Waals surface area contributed by atoms with Crippen LogP contribution >= 0.6 is 0 Å². The highest BCUT2D eigenvalue weighted by Crippen LogP contribution is 2.20. The van der Waals surface area contributed by atoms with E-state index < -0.39 is 0 Å². The van der Waals surface area contributed by atoms with E-state index in [0.29, 0.717) is 5.88 Å². The molecule has 0 atom stereocenters. The molecule has 0 saturated carbocycles. The number of pyridine rings is 2. The van der Waals surface area contributed by atoms with Crippen LogP contribution < -0.4 is 4.74 Å². The number of fused-ring (bicyclic) bond motifs is 1. The normalized spacial score (nSPS) is 11.1. The molecule has 20 heavy (non-hydrogen) atoms. The van der Waals surface area contributed by atoms with Crippen molar-refractivity contribution in [2.75, 3.05) is 7.11 Å². The predicted molar refractivity (Wildman–Crippen MR) is 81.5 cm³/mol. The number of nitrogens with zero attached hydrogens (tertiary/aromatic N) is 2. The summed E-state index contributed by atoms with van der Waals surface area (Å²) in [4.78, 5) is 8.79. The van der Waals surface area contributed by atoms with Crippen molar-refractivity contribution in [2.45, 2.75) is 0 Å². The number of rotatable bonds is 3. The first-order valence-corrected chi connectivity index (χ1v) is 6.40. The van der Waals surface area contributed by atoms with Gasteiger partial charge in [-0.15, -0.1) is 0 Å². The summed E-state index contributed by atoms with van der Waals surface area (Å²) in [6.07, 6.45) is 5.91. The van der Waals surface area contributed by atoms with Gasteiger partial charge in [0.05, 0.1) is 18.1 Å². The van der Waals surface area contributed by atoms with Crippen LogP contribution in [0.2, 0.25) is 0 Å². The van der Waals surface area contributed by atoms with Crippen LogP contribution in [0.5, 0.6) is 5.88 Å². The third kappa shape index (κ3) is 2.52. The second-order valence-corrected chi connectivity index (χ2v) is 4.37. The average molecular weight is 262 g/mol. The van der Waals surface area contributed by atoms with Gasteiger partial charge in [-0.3, -0.25) is 4.98 Å². The summed E-state index contributed by atoms with van der Waals surface area (Å²) >= 11 is 0. The maximum Gasteiger partial charge on any atom is 0.213 e. The van der Waals surface area contributed by atoms with Gasteiger partial charge in [0.15, 0.2) is 0 Å². The lowest BCUT2D eigenvalue weighted by atomic mass is 10.1. The van der Waals surface area contributed by atoms with Crippen molar-refractivity contribution < 1.29 is 4.74 Å². The van der Waals surface area contributed by atoms with Crippen LogP contribution in [-0.4, -0.2) is 17.1 Å². The minimum absolute atomic E-state index is 0.597. The van der Waals surface area contributed by atoms with E-state index in [1.807, 2.05) is 42.5 Å². The summed E-state index contributed by atoms with van der Waals surface area (Å²) in [6, 6.07) is 15.9. The van der Waals surface area contributed by atoms with Crippen LogP contribution in [0.15, 0.2) is 54.7 Å². The maximum atomic E-state index is 5.18. The number of hydrogen-bond acceptors (Lipinski definition) is 3. The van der Waals surface area contributed by atoms with E-state index in [1.165, 1.54) is 0 Å². The van der Waals surface area contributed by atoms with Gasteiger partial charge in [-0.25, -0.2) is 4.98 Å². The first-order chi connectivity index (χ1) is 9.86. The Hall–Kier alpha value is -2.68. The summed E-state index contributed by atoms with van der Waals surface area (Å²) in [5.74, 6) is 0.597. The molecule has 0 aliphatic heterocycles. The zero-order valence-corrected chi connectivity index (χ0v) is 11.2. The first kappa shape index (κ1) is 12.4. The molecule has 3 heteroatoms. The van der Waals surface area contributed by atoms with E-state index in [-0.39, 0.29) is 0 Å². The quantitative estimate of drug-likeness (QED) is 0.720. The highest BCUT2D eigenvalue weighted by atomic mass is 16.5. The molecule has 0 saturated heterocycles. The van der Waals surface area contributed by atoms with Crippen molar-refractivity contribution in [3.8, 4) is 5.88 Å². The fraction of sp³-hybridized carbons (Fsp3) is 0.0588. The van der Waals surface area contributed by atoms with Crippen LogP contribution in [0.3, 0.4) is 0 Å². The molecule has 3 rings (SSSR count). The molecule has 0 fully saturated rings. The zero-order valence-electron chi connectivity index (χ0n) is 11.2. The third-order valence-electron chi connectivity index (χ3n) is 3.05. The summed E-state index contributed by atoms with van der Waals surface area (Å²) in [6.45, 7) is 0. The van der Waals surface area contributed by atoms with Crippen molar-refractivity contribution in [1.82, 2.24) is 9.97 Å². The van der Waals surface area contributed by atoms with Gasteiger partial charge in [0.25, 0.3) is 0 Å². The SMILES string of the molecule is COc1ccc2nccc(/C=C/c3ccccc3)c2n1. The van der Waals surface area contributed by atoms with Crippen LogP contribution in [0.1, 0.15) is 11.1 Å². The van der Waals surface area contributed by atoms with Crippen LogP contribution in [0, 0.1) is 0 Å². The second-order valence-electron chi connectivity index (χ2n) is 4.37. The Balaban J connectivity index is 2.05. The van der Waals surface area contributed by atoms with E-state index in [9.17, 15) is 0 Å². The van der Waals surface area contributed by atoms with Crippen LogP contribution in [0.25, 0.3) is 23.2 Å². The Morgan fingerprint density at radius 2 is 1.80 bits per heavy atom. The van der Waals surface area contributed by atoms with Crippen molar-refractivity contribution >= 4 is 23.2 Å². The Morgan fingerprint density at radius 1 is 0.950 bits per heavy atom. The molecule has 0 spiro atoms. The summed E-state index contributed by atoms with van der Waals surface area (Å²) < 4.78 is 5.18. The van der Waals surface area contributed by atoms with E-state index in [1.54, 1.807) is 13.3 Å². The maximum absolute atomic E-state index is 5.18. The van der Waals surface area contributed by atoms with Crippen LogP contribution in [-0.2, 0) is 0 Å². The second kappa shape index (κ2) is 5.53. The van der Waals surface area contributed by atoms with Crippen molar-refractivity contribution in [3.05, 3.63) is 65.9 Å². The van der Waals surface area contributed by atoms with Gasteiger partial charge < -0.3 is 4.74 Å². The van der Waals surface area contributed by atoms with Gasteiger partial charge in [-0.2, -0.15) is 0 Å². The Labute approximate surface area is 117 Å². The smallest absolute Gasteiger partial charge is 0.213 e. The molecule has 3 aromatic rings. The van der Waals surface area contributed by atoms with Crippen molar-refractivity contribution in [1.29, 1.82) is 0 Å². The molecule has 2 aromatic heterocycles. The molecule has 0 N–H and O–H groups in total. The minimum Gasteiger partial charge on any atom is -0.481 e. The molecule has 0 unspecified atom stereocenters. The molecule has 0 bridgehead atoms. The minimum atomic E-state index is 0.597. The van der Waals surface area contributed by atoms with Crippen molar-refractivity contribution in [3.63, 3.8) is 0 Å². The number of ether oxygens (including phenoxy) is 1. The van der Waals surface area contributed by atoms with Gasteiger partial charge in [0.2, 0.25) is 5.88 Å². The third-order valence-corrected chi connectivity index (χ3v) is 3.05. The topological polar surface area (TPSA) is 35.0 Å². The summed E-state index contributed by atoms with van der Waals surface area (Å²) in [5.41, 5.74) is 3.89.